The third-order valence-corrected chi connectivity index (χ3v) is 4.51. The number of carboxylic acids is 1. The van der Waals surface area contributed by atoms with Crippen LogP contribution in [0, 0.1) is 0 Å². The summed E-state index contributed by atoms with van der Waals surface area (Å²) in [5.74, 6) is -1.15. The van der Waals surface area contributed by atoms with Crippen LogP contribution >= 0.6 is 11.8 Å². The van der Waals surface area contributed by atoms with Crippen molar-refractivity contribution in [2.24, 2.45) is 0 Å². The van der Waals surface area contributed by atoms with Gasteiger partial charge in [0.05, 0.1) is 0 Å². The first-order valence-corrected chi connectivity index (χ1v) is 10.2. The highest BCUT2D eigenvalue weighted by Crippen LogP contribution is 2.06. The number of amides is 3. The summed E-state index contributed by atoms with van der Waals surface area (Å²) < 4.78 is 0. The smallest absolute Gasteiger partial charge is 0.327 e. The van der Waals surface area contributed by atoms with Crippen LogP contribution < -0.4 is 16.0 Å². The lowest BCUT2D eigenvalue weighted by Gasteiger charge is -2.14. The van der Waals surface area contributed by atoms with Crippen LogP contribution in [0.3, 0.4) is 0 Å². The molecule has 1 atom stereocenters. The monoisotopic (exact) mass is 375 g/mol. The molecule has 0 rings (SSSR count). The van der Waals surface area contributed by atoms with Crippen LogP contribution in [0.2, 0.25) is 0 Å². The van der Waals surface area contributed by atoms with Gasteiger partial charge in [-0.15, -0.1) is 0 Å². The third kappa shape index (κ3) is 14.6. The van der Waals surface area contributed by atoms with Crippen molar-refractivity contribution in [3.8, 4) is 0 Å². The largest absolute Gasteiger partial charge is 0.480 e. The Hall–Kier alpha value is -1.44. The molecule has 7 nitrogen and oxygen atoms in total. The highest BCUT2D eigenvalue weighted by Gasteiger charge is 2.21. The van der Waals surface area contributed by atoms with E-state index in [1.165, 1.54) is 0 Å². The van der Waals surface area contributed by atoms with Crippen molar-refractivity contribution < 1.29 is 19.5 Å². The highest BCUT2D eigenvalue weighted by atomic mass is 32.2. The van der Waals surface area contributed by atoms with Crippen LogP contribution in [0.4, 0.5) is 9.59 Å². The second-order valence-electron chi connectivity index (χ2n) is 5.94. The van der Waals surface area contributed by atoms with Crippen molar-refractivity contribution in [1.29, 1.82) is 0 Å². The first kappa shape index (κ1) is 23.6. The van der Waals surface area contributed by atoms with Crippen LogP contribution in [0.15, 0.2) is 0 Å². The van der Waals surface area contributed by atoms with E-state index in [2.05, 4.69) is 29.8 Å². The first-order chi connectivity index (χ1) is 12.0. The average Bonchev–Trinajstić information content (AvgIpc) is 2.58. The molecule has 0 aromatic heterocycles. The Labute approximate surface area is 155 Å². The fraction of sp³-hybridized carbons (Fsp3) is 0.824. The molecule has 146 valence electrons. The molecule has 1 unspecified atom stereocenters. The SMILES string of the molecule is CCCCCCNC(=O)NC(CSC(=O)NCCCCCC)C(=O)O. The van der Waals surface area contributed by atoms with Crippen molar-refractivity contribution in [1.82, 2.24) is 16.0 Å². The zero-order valence-corrected chi connectivity index (χ0v) is 16.3. The van der Waals surface area contributed by atoms with Crippen LogP contribution in [0.1, 0.15) is 65.2 Å². The standard InChI is InChI=1S/C17H33N3O4S/c1-3-5-7-9-11-18-16(23)20-14(15(21)22)13-25-17(24)19-12-10-8-6-4-2/h14H,3-13H2,1-2H3,(H,19,24)(H,21,22)(H2,18,20,23). The Balaban J connectivity index is 3.94. The van der Waals surface area contributed by atoms with E-state index in [0.717, 1.165) is 63.1 Å². The second kappa shape index (κ2) is 16.1. The number of hydrogen-bond donors (Lipinski definition) is 4. The van der Waals surface area contributed by atoms with Crippen molar-refractivity contribution >= 4 is 29.0 Å². The third-order valence-electron chi connectivity index (χ3n) is 3.60. The van der Waals surface area contributed by atoms with Gasteiger partial charge in [-0.25, -0.2) is 9.59 Å². The molecule has 0 saturated heterocycles. The quantitative estimate of drug-likeness (QED) is 0.348. The molecule has 0 bridgehead atoms. The van der Waals surface area contributed by atoms with E-state index in [-0.39, 0.29) is 11.0 Å². The summed E-state index contributed by atoms with van der Waals surface area (Å²) in [6.45, 7) is 5.34. The molecule has 0 aromatic rings. The van der Waals surface area contributed by atoms with Gasteiger partial charge >= 0.3 is 12.0 Å². The number of thioether (sulfide) groups is 1. The van der Waals surface area contributed by atoms with Crippen LogP contribution in [0.25, 0.3) is 0 Å². The molecule has 8 heteroatoms. The number of unbranched alkanes of at least 4 members (excludes halogenated alkanes) is 6. The summed E-state index contributed by atoms with van der Waals surface area (Å²) in [4.78, 5) is 34.6. The zero-order valence-electron chi connectivity index (χ0n) is 15.4. The lowest BCUT2D eigenvalue weighted by atomic mass is 10.2. The maximum absolute atomic E-state index is 11.7. The number of carbonyl (C=O) groups is 3. The summed E-state index contributed by atoms with van der Waals surface area (Å²) in [6, 6.07) is -1.60. The van der Waals surface area contributed by atoms with E-state index in [1.807, 2.05) is 0 Å². The van der Waals surface area contributed by atoms with Crippen molar-refractivity contribution in [3.05, 3.63) is 0 Å². The normalized spacial score (nSPS) is 11.6. The van der Waals surface area contributed by atoms with Crippen molar-refractivity contribution in [3.63, 3.8) is 0 Å². The summed E-state index contributed by atoms with van der Waals surface area (Å²) in [7, 11) is 0. The fourth-order valence-electron chi connectivity index (χ4n) is 2.09. The summed E-state index contributed by atoms with van der Waals surface area (Å²) >= 11 is 0.880. The van der Waals surface area contributed by atoms with Gasteiger partial charge in [-0.2, -0.15) is 0 Å². The first-order valence-electron chi connectivity index (χ1n) is 9.19. The van der Waals surface area contributed by atoms with Crippen LogP contribution in [-0.4, -0.2) is 47.2 Å². The number of urea groups is 1. The molecule has 0 aliphatic heterocycles. The predicted octanol–water partition coefficient (Wildman–Crippen LogP) is 3.34. The molecule has 0 aliphatic carbocycles. The number of rotatable bonds is 14. The van der Waals surface area contributed by atoms with Gasteiger partial charge in [0.2, 0.25) is 0 Å². The fourth-order valence-corrected chi connectivity index (χ4v) is 2.84. The lowest BCUT2D eigenvalue weighted by molar-refractivity contribution is -0.138. The van der Waals surface area contributed by atoms with E-state index >= 15 is 0 Å². The minimum atomic E-state index is -1.15. The Bertz CT molecular complexity index is 394. The van der Waals surface area contributed by atoms with Gasteiger partial charge in [-0.3, -0.25) is 4.79 Å². The maximum Gasteiger partial charge on any atom is 0.327 e. The van der Waals surface area contributed by atoms with Gasteiger partial charge in [0.15, 0.2) is 0 Å². The van der Waals surface area contributed by atoms with Gasteiger partial charge in [-0.05, 0) is 12.8 Å². The zero-order chi connectivity index (χ0) is 18.9. The summed E-state index contributed by atoms with van der Waals surface area (Å²) in [6.07, 6.45) is 8.40. The van der Waals surface area contributed by atoms with Gasteiger partial charge in [0.25, 0.3) is 5.24 Å². The molecule has 0 heterocycles. The molecule has 0 spiro atoms. The Morgan fingerprint density at radius 3 is 1.96 bits per heavy atom. The minimum absolute atomic E-state index is 0.000614. The predicted molar refractivity (Wildman–Crippen MR) is 102 cm³/mol. The van der Waals surface area contributed by atoms with Gasteiger partial charge in [-0.1, -0.05) is 64.1 Å². The van der Waals surface area contributed by atoms with Gasteiger partial charge < -0.3 is 21.1 Å². The number of nitrogens with one attached hydrogen (secondary N) is 3. The second-order valence-corrected chi connectivity index (χ2v) is 6.93. The Kier molecular flexibility index (Phi) is 15.1. The molecule has 0 aromatic carbocycles. The van der Waals surface area contributed by atoms with E-state index in [4.69, 9.17) is 5.11 Å². The van der Waals surface area contributed by atoms with Crippen molar-refractivity contribution in [2.45, 2.75) is 71.3 Å². The van der Waals surface area contributed by atoms with E-state index in [9.17, 15) is 14.4 Å². The Morgan fingerprint density at radius 2 is 1.44 bits per heavy atom. The number of carboxylic acid groups (broad SMARTS) is 1. The average molecular weight is 376 g/mol. The minimum Gasteiger partial charge on any atom is -0.480 e. The maximum atomic E-state index is 11.7. The molecular weight excluding hydrogens is 342 g/mol. The van der Waals surface area contributed by atoms with E-state index < -0.39 is 18.0 Å². The van der Waals surface area contributed by atoms with Crippen LogP contribution in [-0.2, 0) is 4.79 Å². The van der Waals surface area contributed by atoms with Crippen LogP contribution in [0.5, 0.6) is 0 Å². The number of carbonyl (C=O) groups excluding carboxylic acids is 2. The molecule has 0 radical (unpaired) electrons. The molecular formula is C17H33N3O4S. The molecule has 25 heavy (non-hydrogen) atoms. The highest BCUT2D eigenvalue weighted by molar-refractivity contribution is 8.13. The lowest BCUT2D eigenvalue weighted by Crippen LogP contribution is -2.47. The molecule has 3 amide bonds. The molecule has 0 aliphatic rings. The topological polar surface area (TPSA) is 108 Å². The molecule has 0 saturated carbocycles. The molecule has 0 fully saturated rings. The number of aliphatic carboxylic acids is 1. The summed E-state index contributed by atoms with van der Waals surface area (Å²) in [5, 5.41) is 16.7. The van der Waals surface area contributed by atoms with E-state index in [0.29, 0.717) is 13.1 Å². The van der Waals surface area contributed by atoms with Gasteiger partial charge in [0.1, 0.15) is 6.04 Å². The summed E-state index contributed by atoms with van der Waals surface area (Å²) in [5.41, 5.74) is 0. The van der Waals surface area contributed by atoms with Crippen molar-refractivity contribution in [2.75, 3.05) is 18.8 Å². The Morgan fingerprint density at radius 1 is 0.880 bits per heavy atom. The van der Waals surface area contributed by atoms with E-state index in [1.54, 1.807) is 0 Å². The van der Waals surface area contributed by atoms with Gasteiger partial charge in [0, 0.05) is 18.8 Å². The number of hydrogen-bond acceptors (Lipinski definition) is 4. The molecule has 4 N–H and O–H groups in total.